The van der Waals surface area contributed by atoms with Crippen molar-refractivity contribution in [3.63, 3.8) is 0 Å². The summed E-state index contributed by atoms with van der Waals surface area (Å²) in [6, 6.07) is 7.03. The SMILES string of the molecule is N#Cc1cccc(CNC2CCCOC2)c1F. The minimum atomic E-state index is -0.417. The van der Waals surface area contributed by atoms with Crippen molar-refractivity contribution in [1.29, 1.82) is 5.26 Å². The molecule has 1 aromatic carbocycles. The van der Waals surface area contributed by atoms with Gasteiger partial charge in [0.2, 0.25) is 0 Å². The highest BCUT2D eigenvalue weighted by atomic mass is 19.1. The molecule has 1 N–H and O–H groups in total. The number of ether oxygens (including phenoxy) is 1. The molecule has 0 spiro atoms. The Morgan fingerprint density at radius 1 is 1.53 bits per heavy atom. The van der Waals surface area contributed by atoms with E-state index in [1.807, 2.05) is 6.07 Å². The molecule has 1 saturated heterocycles. The highest BCUT2D eigenvalue weighted by Gasteiger charge is 2.14. The first-order valence-corrected chi connectivity index (χ1v) is 5.80. The summed E-state index contributed by atoms with van der Waals surface area (Å²) in [5.74, 6) is -0.417. The standard InChI is InChI=1S/C13H15FN2O/c14-13-10(7-15)3-1-4-11(13)8-16-12-5-2-6-17-9-12/h1,3-4,12,16H,2,5-6,8-9H2. The average Bonchev–Trinajstić information content (AvgIpc) is 2.39. The van der Waals surface area contributed by atoms with E-state index < -0.39 is 5.82 Å². The number of hydrogen-bond donors (Lipinski definition) is 1. The summed E-state index contributed by atoms with van der Waals surface area (Å²) in [6.45, 7) is 1.94. The third-order valence-corrected chi connectivity index (χ3v) is 2.94. The van der Waals surface area contributed by atoms with Crippen LogP contribution in [0.25, 0.3) is 0 Å². The Balaban J connectivity index is 1.96. The van der Waals surface area contributed by atoms with Gasteiger partial charge in [-0.25, -0.2) is 4.39 Å². The summed E-state index contributed by atoms with van der Waals surface area (Å²) in [7, 11) is 0. The summed E-state index contributed by atoms with van der Waals surface area (Å²) in [5, 5.41) is 12.0. The molecule has 1 atom stereocenters. The molecule has 0 aliphatic carbocycles. The molecule has 90 valence electrons. The van der Waals surface area contributed by atoms with Crippen LogP contribution in [-0.2, 0) is 11.3 Å². The van der Waals surface area contributed by atoms with Crippen molar-refractivity contribution < 1.29 is 9.13 Å². The van der Waals surface area contributed by atoms with Crippen LogP contribution < -0.4 is 5.32 Å². The lowest BCUT2D eigenvalue weighted by molar-refractivity contribution is 0.0698. The maximum absolute atomic E-state index is 13.7. The summed E-state index contributed by atoms with van der Waals surface area (Å²) >= 11 is 0. The predicted octanol–water partition coefficient (Wildman–Crippen LogP) is 1.97. The molecule has 1 aromatic rings. The molecule has 17 heavy (non-hydrogen) atoms. The number of nitrogens with one attached hydrogen (secondary N) is 1. The van der Waals surface area contributed by atoms with Crippen molar-refractivity contribution in [1.82, 2.24) is 5.32 Å². The third-order valence-electron chi connectivity index (χ3n) is 2.94. The largest absolute Gasteiger partial charge is 0.380 e. The predicted molar refractivity (Wildman–Crippen MR) is 61.8 cm³/mol. The Labute approximate surface area is 100 Å². The van der Waals surface area contributed by atoms with Crippen LogP contribution in [0, 0.1) is 17.1 Å². The van der Waals surface area contributed by atoms with Gasteiger partial charge in [-0.05, 0) is 18.9 Å². The van der Waals surface area contributed by atoms with E-state index in [1.165, 1.54) is 6.07 Å². The molecule has 0 amide bonds. The maximum atomic E-state index is 13.7. The van der Waals surface area contributed by atoms with E-state index in [0.29, 0.717) is 18.7 Å². The summed E-state index contributed by atoms with van der Waals surface area (Å²) in [6.07, 6.45) is 2.10. The summed E-state index contributed by atoms with van der Waals surface area (Å²) in [5.41, 5.74) is 0.638. The molecule has 3 nitrogen and oxygen atoms in total. The fourth-order valence-corrected chi connectivity index (χ4v) is 1.96. The van der Waals surface area contributed by atoms with Gasteiger partial charge in [0.1, 0.15) is 11.9 Å². The second kappa shape index (κ2) is 5.76. The first-order valence-electron chi connectivity index (χ1n) is 5.80. The van der Waals surface area contributed by atoms with Crippen LogP contribution in [0.3, 0.4) is 0 Å². The smallest absolute Gasteiger partial charge is 0.145 e. The van der Waals surface area contributed by atoms with Crippen LogP contribution in [0.15, 0.2) is 18.2 Å². The fraction of sp³-hybridized carbons (Fsp3) is 0.462. The number of hydrogen-bond acceptors (Lipinski definition) is 3. The minimum Gasteiger partial charge on any atom is -0.380 e. The van der Waals surface area contributed by atoms with Gasteiger partial charge in [-0.2, -0.15) is 5.26 Å². The van der Waals surface area contributed by atoms with E-state index in [4.69, 9.17) is 10.00 Å². The van der Waals surface area contributed by atoms with E-state index in [9.17, 15) is 4.39 Å². The lowest BCUT2D eigenvalue weighted by Gasteiger charge is -2.23. The van der Waals surface area contributed by atoms with Crippen molar-refractivity contribution in [3.05, 3.63) is 35.1 Å². The molecule has 1 fully saturated rings. The normalized spacial score (nSPS) is 19.9. The first-order chi connectivity index (χ1) is 8.31. The highest BCUT2D eigenvalue weighted by Crippen LogP contribution is 2.13. The zero-order chi connectivity index (χ0) is 12.1. The van der Waals surface area contributed by atoms with E-state index in [1.54, 1.807) is 12.1 Å². The molecule has 1 heterocycles. The molecule has 1 aliphatic heterocycles. The number of halogens is 1. The number of rotatable bonds is 3. The van der Waals surface area contributed by atoms with Gasteiger partial charge < -0.3 is 10.1 Å². The topological polar surface area (TPSA) is 45.0 Å². The molecule has 1 aliphatic rings. The summed E-state index contributed by atoms with van der Waals surface area (Å²) < 4.78 is 19.1. The van der Waals surface area contributed by atoms with E-state index in [2.05, 4.69) is 5.32 Å². The fourth-order valence-electron chi connectivity index (χ4n) is 1.96. The van der Waals surface area contributed by atoms with Crippen LogP contribution in [0.1, 0.15) is 24.0 Å². The molecule has 0 saturated carbocycles. The lowest BCUT2D eigenvalue weighted by Crippen LogP contribution is -2.36. The van der Waals surface area contributed by atoms with Crippen molar-refractivity contribution in [2.75, 3.05) is 13.2 Å². The molecular weight excluding hydrogens is 219 g/mol. The van der Waals surface area contributed by atoms with Gasteiger partial charge in [-0.3, -0.25) is 0 Å². The maximum Gasteiger partial charge on any atom is 0.145 e. The van der Waals surface area contributed by atoms with E-state index >= 15 is 0 Å². The molecule has 0 bridgehead atoms. The van der Waals surface area contributed by atoms with Crippen LogP contribution in [-0.4, -0.2) is 19.3 Å². The van der Waals surface area contributed by atoms with Crippen LogP contribution >= 0.6 is 0 Å². The first kappa shape index (κ1) is 12.0. The monoisotopic (exact) mass is 234 g/mol. The minimum absolute atomic E-state index is 0.101. The molecule has 0 aromatic heterocycles. The van der Waals surface area contributed by atoms with Crippen molar-refractivity contribution in [2.45, 2.75) is 25.4 Å². The number of nitrogens with zero attached hydrogens (tertiary/aromatic N) is 1. The Kier molecular flexibility index (Phi) is 4.08. The quantitative estimate of drug-likeness (QED) is 0.869. The van der Waals surface area contributed by atoms with E-state index in [-0.39, 0.29) is 11.6 Å². The van der Waals surface area contributed by atoms with Gasteiger partial charge in [0, 0.05) is 24.8 Å². The Bertz CT molecular complexity index is 422. The van der Waals surface area contributed by atoms with E-state index in [0.717, 1.165) is 19.4 Å². The zero-order valence-corrected chi connectivity index (χ0v) is 9.58. The van der Waals surface area contributed by atoms with Crippen LogP contribution in [0.5, 0.6) is 0 Å². The van der Waals surface area contributed by atoms with Gasteiger partial charge >= 0.3 is 0 Å². The van der Waals surface area contributed by atoms with Crippen molar-refractivity contribution in [3.8, 4) is 6.07 Å². The molecule has 0 radical (unpaired) electrons. The van der Waals surface area contributed by atoms with Crippen LogP contribution in [0.2, 0.25) is 0 Å². The molecular formula is C13H15FN2O. The Hall–Kier alpha value is -1.44. The average molecular weight is 234 g/mol. The van der Waals surface area contributed by atoms with Gasteiger partial charge in [0.15, 0.2) is 0 Å². The number of benzene rings is 1. The number of nitriles is 1. The molecule has 1 unspecified atom stereocenters. The van der Waals surface area contributed by atoms with Crippen LogP contribution in [0.4, 0.5) is 4.39 Å². The lowest BCUT2D eigenvalue weighted by atomic mass is 10.1. The van der Waals surface area contributed by atoms with Crippen molar-refractivity contribution >= 4 is 0 Å². The second-order valence-corrected chi connectivity index (χ2v) is 4.19. The van der Waals surface area contributed by atoms with Crippen molar-refractivity contribution in [2.24, 2.45) is 0 Å². The van der Waals surface area contributed by atoms with Gasteiger partial charge in [-0.1, -0.05) is 12.1 Å². The summed E-state index contributed by atoms with van der Waals surface area (Å²) in [4.78, 5) is 0. The molecule has 2 rings (SSSR count). The Morgan fingerprint density at radius 3 is 3.12 bits per heavy atom. The van der Waals surface area contributed by atoms with Gasteiger partial charge in [-0.15, -0.1) is 0 Å². The molecule has 4 heteroatoms. The van der Waals surface area contributed by atoms with Gasteiger partial charge in [0.25, 0.3) is 0 Å². The van der Waals surface area contributed by atoms with Gasteiger partial charge in [0.05, 0.1) is 12.2 Å². The Morgan fingerprint density at radius 2 is 2.41 bits per heavy atom. The third kappa shape index (κ3) is 3.02. The highest BCUT2D eigenvalue weighted by molar-refractivity contribution is 5.34. The second-order valence-electron chi connectivity index (χ2n) is 4.19. The zero-order valence-electron chi connectivity index (χ0n) is 9.58.